The van der Waals surface area contributed by atoms with Gasteiger partial charge in [-0.25, -0.2) is 17.9 Å². The monoisotopic (exact) mass is 352 g/mol. The third-order valence-electron chi connectivity index (χ3n) is 3.93. The van der Waals surface area contributed by atoms with Crippen LogP contribution in [0.3, 0.4) is 0 Å². The Bertz CT molecular complexity index is 650. The zero-order chi connectivity index (χ0) is 17.4. The molecule has 0 aromatic heterocycles. The Balaban J connectivity index is 1.83. The minimum atomic E-state index is -3.45. The van der Waals surface area contributed by atoms with Crippen molar-refractivity contribution in [2.75, 3.05) is 13.2 Å². The van der Waals surface area contributed by atoms with Gasteiger partial charge in [-0.2, -0.15) is 0 Å². The molecule has 2 N–H and O–H groups in total. The third kappa shape index (κ3) is 5.65. The largest absolute Gasteiger partial charge is 0.445 e. The van der Waals surface area contributed by atoms with E-state index < -0.39 is 16.1 Å². The van der Waals surface area contributed by atoms with Crippen molar-refractivity contribution in [1.82, 2.24) is 10.0 Å². The van der Waals surface area contributed by atoms with E-state index in [-0.39, 0.29) is 17.5 Å². The van der Waals surface area contributed by atoms with Crippen molar-refractivity contribution < 1.29 is 17.9 Å². The van der Waals surface area contributed by atoms with Gasteiger partial charge in [0.05, 0.1) is 4.90 Å². The second kappa shape index (κ2) is 8.84. The van der Waals surface area contributed by atoms with Crippen LogP contribution in [-0.4, -0.2) is 33.7 Å². The fourth-order valence-electron chi connectivity index (χ4n) is 2.66. The SMILES string of the molecule is C=CCOC(=O)NCCc1ccc(S(=O)(=O)NC2CCCC2)cc1. The van der Waals surface area contributed by atoms with Crippen LogP contribution in [0.4, 0.5) is 4.79 Å². The fourth-order valence-corrected chi connectivity index (χ4v) is 3.97. The Morgan fingerprint density at radius 2 is 1.92 bits per heavy atom. The van der Waals surface area contributed by atoms with Gasteiger partial charge in [-0.3, -0.25) is 0 Å². The average molecular weight is 352 g/mol. The maximum absolute atomic E-state index is 12.3. The van der Waals surface area contributed by atoms with E-state index in [4.69, 9.17) is 4.74 Å². The number of alkyl carbamates (subject to hydrolysis) is 1. The molecule has 1 aliphatic rings. The number of carbonyl (C=O) groups is 1. The van der Waals surface area contributed by atoms with Crippen molar-refractivity contribution in [3.63, 3.8) is 0 Å². The maximum Gasteiger partial charge on any atom is 0.407 e. The lowest BCUT2D eigenvalue weighted by molar-refractivity contribution is 0.158. The molecule has 2 rings (SSSR count). The molecule has 1 aromatic rings. The van der Waals surface area contributed by atoms with Crippen LogP contribution in [0.2, 0.25) is 0 Å². The van der Waals surface area contributed by atoms with Crippen molar-refractivity contribution in [2.45, 2.75) is 43.0 Å². The van der Waals surface area contributed by atoms with Crippen molar-refractivity contribution >= 4 is 16.1 Å². The number of benzene rings is 1. The lowest BCUT2D eigenvalue weighted by Gasteiger charge is -2.13. The number of ether oxygens (including phenoxy) is 1. The van der Waals surface area contributed by atoms with Crippen LogP contribution in [0.1, 0.15) is 31.2 Å². The zero-order valence-corrected chi connectivity index (χ0v) is 14.5. The molecule has 6 nitrogen and oxygen atoms in total. The van der Waals surface area contributed by atoms with Gasteiger partial charge in [0.1, 0.15) is 6.61 Å². The van der Waals surface area contributed by atoms with E-state index in [1.807, 2.05) is 0 Å². The van der Waals surface area contributed by atoms with Crippen LogP contribution in [-0.2, 0) is 21.2 Å². The Morgan fingerprint density at radius 1 is 1.25 bits per heavy atom. The second-order valence-corrected chi connectivity index (χ2v) is 7.52. The molecule has 1 fully saturated rings. The zero-order valence-electron chi connectivity index (χ0n) is 13.7. The molecule has 7 heteroatoms. The van der Waals surface area contributed by atoms with Gasteiger partial charge in [0, 0.05) is 12.6 Å². The Hall–Kier alpha value is -1.86. The van der Waals surface area contributed by atoms with Crippen LogP contribution < -0.4 is 10.0 Å². The molecule has 0 bridgehead atoms. The number of nitrogens with one attached hydrogen (secondary N) is 2. The summed E-state index contributed by atoms with van der Waals surface area (Å²) in [6.07, 6.45) is 5.58. The van der Waals surface area contributed by atoms with Gasteiger partial charge in [-0.15, -0.1) is 0 Å². The van der Waals surface area contributed by atoms with Crippen LogP contribution in [0.25, 0.3) is 0 Å². The van der Waals surface area contributed by atoms with Crippen molar-refractivity contribution in [3.8, 4) is 0 Å². The molecule has 0 aliphatic heterocycles. The van der Waals surface area contributed by atoms with Gasteiger partial charge in [0.25, 0.3) is 0 Å². The minimum absolute atomic E-state index is 0.0560. The topological polar surface area (TPSA) is 84.5 Å². The van der Waals surface area contributed by atoms with E-state index in [0.29, 0.717) is 13.0 Å². The van der Waals surface area contributed by atoms with E-state index in [1.54, 1.807) is 24.3 Å². The molecule has 0 heterocycles. The van der Waals surface area contributed by atoms with Crippen molar-refractivity contribution in [2.24, 2.45) is 0 Å². The predicted octanol–water partition coefficient (Wildman–Crippen LogP) is 2.36. The van der Waals surface area contributed by atoms with Gasteiger partial charge < -0.3 is 10.1 Å². The highest BCUT2D eigenvalue weighted by molar-refractivity contribution is 7.89. The summed E-state index contributed by atoms with van der Waals surface area (Å²) in [6, 6.07) is 6.78. The molecule has 24 heavy (non-hydrogen) atoms. The van der Waals surface area contributed by atoms with Crippen LogP contribution in [0.15, 0.2) is 41.8 Å². The Labute approximate surface area is 143 Å². The molecular formula is C17H24N2O4S. The standard InChI is InChI=1S/C17H24N2O4S/c1-2-13-23-17(20)18-12-11-14-7-9-16(10-8-14)24(21,22)19-15-5-3-4-6-15/h2,7-10,15,19H,1,3-6,11-13H2,(H,18,20). The molecular weight excluding hydrogens is 328 g/mol. The number of hydrogen-bond donors (Lipinski definition) is 2. The van der Waals surface area contributed by atoms with Gasteiger partial charge in [0.2, 0.25) is 10.0 Å². The summed E-state index contributed by atoms with van der Waals surface area (Å²) in [5.74, 6) is 0. The molecule has 0 radical (unpaired) electrons. The minimum Gasteiger partial charge on any atom is -0.445 e. The molecule has 0 unspecified atom stereocenters. The summed E-state index contributed by atoms with van der Waals surface area (Å²) in [5.41, 5.74) is 0.943. The summed E-state index contributed by atoms with van der Waals surface area (Å²) in [7, 11) is -3.45. The molecule has 0 atom stereocenters. The Kier molecular flexibility index (Phi) is 6.81. The quantitative estimate of drug-likeness (QED) is 0.704. The summed E-state index contributed by atoms with van der Waals surface area (Å²) >= 11 is 0. The smallest absolute Gasteiger partial charge is 0.407 e. The van der Waals surface area contributed by atoms with Crippen molar-refractivity contribution in [3.05, 3.63) is 42.5 Å². The van der Waals surface area contributed by atoms with E-state index in [2.05, 4.69) is 16.6 Å². The number of hydrogen-bond acceptors (Lipinski definition) is 4. The highest BCUT2D eigenvalue weighted by Gasteiger charge is 2.22. The maximum atomic E-state index is 12.3. The first kappa shape index (κ1) is 18.5. The number of rotatable bonds is 8. The number of amides is 1. The average Bonchev–Trinajstić information content (AvgIpc) is 3.05. The molecule has 0 saturated heterocycles. The fraction of sp³-hybridized carbons (Fsp3) is 0.471. The van der Waals surface area contributed by atoms with E-state index in [9.17, 15) is 13.2 Å². The van der Waals surface area contributed by atoms with Crippen LogP contribution >= 0.6 is 0 Å². The first-order valence-electron chi connectivity index (χ1n) is 8.14. The first-order chi connectivity index (χ1) is 11.5. The van der Waals surface area contributed by atoms with Gasteiger partial charge in [-0.1, -0.05) is 37.6 Å². The molecule has 1 amide bonds. The number of sulfonamides is 1. The van der Waals surface area contributed by atoms with E-state index >= 15 is 0 Å². The van der Waals surface area contributed by atoms with Gasteiger partial charge in [-0.05, 0) is 37.0 Å². The lowest BCUT2D eigenvalue weighted by atomic mass is 10.1. The number of carbonyl (C=O) groups excluding carboxylic acids is 1. The van der Waals surface area contributed by atoms with Gasteiger partial charge >= 0.3 is 6.09 Å². The van der Waals surface area contributed by atoms with Crippen molar-refractivity contribution in [1.29, 1.82) is 0 Å². The first-order valence-corrected chi connectivity index (χ1v) is 9.62. The van der Waals surface area contributed by atoms with E-state index in [0.717, 1.165) is 31.2 Å². The third-order valence-corrected chi connectivity index (χ3v) is 5.46. The summed E-state index contributed by atoms with van der Waals surface area (Å²) in [5, 5.41) is 2.62. The summed E-state index contributed by atoms with van der Waals surface area (Å²) in [6.45, 7) is 4.05. The Morgan fingerprint density at radius 3 is 2.54 bits per heavy atom. The molecule has 1 aromatic carbocycles. The highest BCUT2D eigenvalue weighted by atomic mass is 32.2. The summed E-state index contributed by atoms with van der Waals surface area (Å²) < 4.78 is 32.2. The summed E-state index contributed by atoms with van der Waals surface area (Å²) in [4.78, 5) is 11.5. The highest BCUT2D eigenvalue weighted by Crippen LogP contribution is 2.20. The predicted molar refractivity (Wildman–Crippen MR) is 92.3 cm³/mol. The van der Waals surface area contributed by atoms with E-state index in [1.165, 1.54) is 6.08 Å². The van der Waals surface area contributed by atoms with Crippen LogP contribution in [0, 0.1) is 0 Å². The van der Waals surface area contributed by atoms with Gasteiger partial charge in [0.15, 0.2) is 0 Å². The van der Waals surface area contributed by atoms with Crippen LogP contribution in [0.5, 0.6) is 0 Å². The molecule has 0 spiro atoms. The second-order valence-electron chi connectivity index (χ2n) is 5.81. The molecule has 132 valence electrons. The normalized spacial score (nSPS) is 15.2. The lowest BCUT2D eigenvalue weighted by Crippen LogP contribution is -2.32. The molecule has 1 aliphatic carbocycles. The molecule has 1 saturated carbocycles.